The summed E-state index contributed by atoms with van der Waals surface area (Å²) in [6.45, 7) is 4.12. The molecule has 0 aliphatic heterocycles. The molecule has 0 aliphatic carbocycles. The van der Waals surface area contributed by atoms with Crippen LogP contribution in [0.3, 0.4) is 0 Å². The zero-order valence-corrected chi connectivity index (χ0v) is 6.34. The maximum absolute atomic E-state index is 4.08. The van der Waals surface area contributed by atoms with Crippen molar-refractivity contribution in [2.45, 2.75) is 25.0 Å². The summed E-state index contributed by atoms with van der Waals surface area (Å²) in [7, 11) is 0. The lowest BCUT2D eigenvalue weighted by atomic mass is 10.4. The summed E-state index contributed by atoms with van der Waals surface area (Å²) in [5.74, 6) is 0. The summed E-state index contributed by atoms with van der Waals surface area (Å²) in [5.41, 5.74) is 0. The molecule has 1 aromatic rings. The molecule has 0 atom stereocenters. The van der Waals surface area contributed by atoms with Crippen LogP contribution in [-0.2, 0) is 0 Å². The maximum Gasteiger partial charge on any atom is 0.188 e. The molecule has 0 saturated carbocycles. The van der Waals surface area contributed by atoms with Gasteiger partial charge in [-0.1, -0.05) is 0 Å². The van der Waals surface area contributed by atoms with Gasteiger partial charge >= 0.3 is 0 Å². The summed E-state index contributed by atoms with van der Waals surface area (Å²) >= 11 is 4.08. The van der Waals surface area contributed by atoms with E-state index in [1.807, 2.05) is 4.57 Å². The van der Waals surface area contributed by atoms with Gasteiger partial charge in [0.25, 0.3) is 0 Å². The van der Waals surface area contributed by atoms with Crippen molar-refractivity contribution in [3.63, 3.8) is 0 Å². The second-order valence-electron chi connectivity index (χ2n) is 2.13. The Kier molecular flexibility index (Phi) is 1.75. The van der Waals surface area contributed by atoms with E-state index in [-0.39, 0.29) is 0 Å². The van der Waals surface area contributed by atoms with Gasteiger partial charge in [0.1, 0.15) is 6.33 Å². The molecular formula is C5H9N3S. The molecule has 4 heteroatoms. The van der Waals surface area contributed by atoms with E-state index in [1.165, 1.54) is 0 Å². The number of thiol groups is 1. The molecule has 0 bridgehead atoms. The van der Waals surface area contributed by atoms with Gasteiger partial charge < -0.3 is 4.57 Å². The van der Waals surface area contributed by atoms with E-state index in [0.29, 0.717) is 11.2 Å². The van der Waals surface area contributed by atoms with Crippen molar-refractivity contribution in [1.82, 2.24) is 14.8 Å². The first-order valence-electron chi connectivity index (χ1n) is 2.80. The summed E-state index contributed by atoms with van der Waals surface area (Å²) < 4.78 is 1.89. The van der Waals surface area contributed by atoms with Crippen LogP contribution in [0.4, 0.5) is 0 Å². The third kappa shape index (κ3) is 1.24. The highest BCUT2D eigenvalue weighted by Gasteiger charge is 2.00. The summed E-state index contributed by atoms with van der Waals surface area (Å²) in [6, 6.07) is 0.396. The van der Waals surface area contributed by atoms with Crippen LogP contribution in [0.15, 0.2) is 11.5 Å². The van der Waals surface area contributed by atoms with Crippen molar-refractivity contribution in [3.8, 4) is 0 Å². The molecular weight excluding hydrogens is 134 g/mol. The zero-order valence-electron chi connectivity index (χ0n) is 5.44. The highest BCUT2D eigenvalue weighted by molar-refractivity contribution is 7.80. The number of aromatic nitrogens is 3. The molecule has 0 fully saturated rings. The summed E-state index contributed by atoms with van der Waals surface area (Å²) in [4.78, 5) is 0. The molecule has 9 heavy (non-hydrogen) atoms. The topological polar surface area (TPSA) is 30.7 Å². The Morgan fingerprint density at radius 3 is 2.56 bits per heavy atom. The average Bonchev–Trinajstić information content (AvgIpc) is 2.13. The van der Waals surface area contributed by atoms with Crippen molar-refractivity contribution < 1.29 is 0 Å². The van der Waals surface area contributed by atoms with Crippen LogP contribution in [0.2, 0.25) is 0 Å². The first-order chi connectivity index (χ1) is 4.22. The van der Waals surface area contributed by atoms with E-state index in [1.54, 1.807) is 6.33 Å². The van der Waals surface area contributed by atoms with Crippen LogP contribution < -0.4 is 0 Å². The standard InChI is InChI=1S/C5H9N3S/c1-4(2)8-3-6-7-5(8)9/h3-4H,1-2H3,(H,7,9). The van der Waals surface area contributed by atoms with Gasteiger partial charge in [0.05, 0.1) is 0 Å². The molecule has 0 aromatic carbocycles. The molecule has 0 radical (unpaired) electrons. The average molecular weight is 143 g/mol. The maximum atomic E-state index is 4.08. The molecule has 0 N–H and O–H groups in total. The quantitative estimate of drug-likeness (QED) is 0.598. The van der Waals surface area contributed by atoms with Gasteiger partial charge in [-0.25, -0.2) is 0 Å². The summed E-state index contributed by atoms with van der Waals surface area (Å²) in [5, 5.41) is 8.07. The van der Waals surface area contributed by atoms with Crippen molar-refractivity contribution in [2.24, 2.45) is 0 Å². The Hall–Kier alpha value is -0.510. The second-order valence-corrected chi connectivity index (χ2v) is 2.53. The van der Waals surface area contributed by atoms with Crippen molar-refractivity contribution in [3.05, 3.63) is 6.33 Å². The highest BCUT2D eigenvalue weighted by atomic mass is 32.1. The molecule has 1 rings (SSSR count). The molecule has 1 aromatic heterocycles. The van der Waals surface area contributed by atoms with Gasteiger partial charge in [-0.2, -0.15) is 0 Å². The fourth-order valence-electron chi connectivity index (χ4n) is 0.601. The van der Waals surface area contributed by atoms with Gasteiger partial charge in [0.2, 0.25) is 0 Å². The van der Waals surface area contributed by atoms with Gasteiger partial charge in [0.15, 0.2) is 5.16 Å². The van der Waals surface area contributed by atoms with Gasteiger partial charge in [-0.15, -0.1) is 22.8 Å². The van der Waals surface area contributed by atoms with E-state index >= 15 is 0 Å². The number of rotatable bonds is 1. The first kappa shape index (κ1) is 6.61. The lowest BCUT2D eigenvalue weighted by molar-refractivity contribution is 0.551. The van der Waals surface area contributed by atoms with Crippen LogP contribution in [0.5, 0.6) is 0 Å². The summed E-state index contributed by atoms with van der Waals surface area (Å²) in [6.07, 6.45) is 1.67. The van der Waals surface area contributed by atoms with E-state index in [9.17, 15) is 0 Å². The molecule has 0 spiro atoms. The predicted octanol–water partition coefficient (Wildman–Crippen LogP) is 1.15. The Morgan fingerprint density at radius 2 is 2.33 bits per heavy atom. The third-order valence-electron chi connectivity index (χ3n) is 1.11. The van der Waals surface area contributed by atoms with Crippen LogP contribution in [0.1, 0.15) is 19.9 Å². The number of hydrogen-bond donors (Lipinski definition) is 1. The van der Waals surface area contributed by atoms with Crippen LogP contribution in [0, 0.1) is 0 Å². The number of nitrogens with zero attached hydrogens (tertiary/aromatic N) is 3. The van der Waals surface area contributed by atoms with Crippen LogP contribution in [0.25, 0.3) is 0 Å². The SMILES string of the molecule is CC(C)n1cnnc1S. The fourth-order valence-corrected chi connectivity index (χ4v) is 0.935. The molecule has 1 heterocycles. The lowest BCUT2D eigenvalue weighted by Crippen LogP contribution is -1.98. The molecule has 0 aliphatic rings. The van der Waals surface area contributed by atoms with Crippen molar-refractivity contribution >= 4 is 12.6 Å². The van der Waals surface area contributed by atoms with Gasteiger partial charge in [-0.3, -0.25) is 0 Å². The van der Waals surface area contributed by atoms with Crippen molar-refractivity contribution in [1.29, 1.82) is 0 Å². The Bertz CT molecular complexity index is 194. The second kappa shape index (κ2) is 2.39. The van der Waals surface area contributed by atoms with E-state index in [0.717, 1.165) is 0 Å². The van der Waals surface area contributed by atoms with Crippen LogP contribution in [-0.4, -0.2) is 14.8 Å². The first-order valence-corrected chi connectivity index (χ1v) is 3.25. The van der Waals surface area contributed by atoms with E-state index in [4.69, 9.17) is 0 Å². The monoisotopic (exact) mass is 143 g/mol. The third-order valence-corrected chi connectivity index (χ3v) is 1.43. The Morgan fingerprint density at radius 1 is 1.67 bits per heavy atom. The largest absolute Gasteiger partial charge is 0.306 e. The van der Waals surface area contributed by atoms with Gasteiger partial charge in [-0.05, 0) is 13.8 Å². The van der Waals surface area contributed by atoms with Crippen molar-refractivity contribution in [2.75, 3.05) is 0 Å². The smallest absolute Gasteiger partial charge is 0.188 e. The van der Waals surface area contributed by atoms with Gasteiger partial charge in [0, 0.05) is 6.04 Å². The highest BCUT2D eigenvalue weighted by Crippen LogP contribution is 2.08. The Labute approximate surface area is 59.5 Å². The molecule has 50 valence electrons. The van der Waals surface area contributed by atoms with E-state index < -0.39 is 0 Å². The van der Waals surface area contributed by atoms with E-state index in [2.05, 4.69) is 36.7 Å². The molecule has 0 saturated heterocycles. The minimum absolute atomic E-state index is 0.396. The fraction of sp³-hybridized carbons (Fsp3) is 0.600. The normalized spacial score (nSPS) is 10.7. The molecule has 0 amide bonds. The molecule has 0 unspecified atom stereocenters. The van der Waals surface area contributed by atoms with Crippen LogP contribution >= 0.6 is 12.6 Å². The minimum Gasteiger partial charge on any atom is -0.306 e. The Balaban J connectivity index is 2.94. The predicted molar refractivity (Wildman–Crippen MR) is 37.7 cm³/mol. The zero-order chi connectivity index (χ0) is 6.85. The lowest BCUT2D eigenvalue weighted by Gasteiger charge is -2.04. The molecule has 3 nitrogen and oxygen atoms in total. The minimum atomic E-state index is 0.396. The number of hydrogen-bond acceptors (Lipinski definition) is 3.